The lowest BCUT2D eigenvalue weighted by molar-refractivity contribution is 0.596. The summed E-state index contributed by atoms with van der Waals surface area (Å²) in [5, 5.41) is 0.323. The van der Waals surface area contributed by atoms with Gasteiger partial charge in [0.2, 0.25) is 0 Å². The van der Waals surface area contributed by atoms with Crippen molar-refractivity contribution in [2.75, 3.05) is 5.75 Å². The Morgan fingerprint density at radius 2 is 2.23 bits per heavy atom. The van der Waals surface area contributed by atoms with Crippen LogP contribution in [0.4, 0.5) is 0 Å². The molecule has 0 aliphatic rings. The van der Waals surface area contributed by atoms with Crippen molar-refractivity contribution in [3.63, 3.8) is 0 Å². The number of aromatic nitrogens is 1. The SMILES string of the molecule is CCS(=O)(=O)Cc1ccnc(Cl)c1. The molecular formula is C8H10ClNO2S. The molecule has 0 aromatic carbocycles. The molecule has 1 heterocycles. The largest absolute Gasteiger partial charge is 0.245 e. The van der Waals surface area contributed by atoms with Gasteiger partial charge in [0, 0.05) is 11.9 Å². The maximum Gasteiger partial charge on any atom is 0.154 e. The summed E-state index contributed by atoms with van der Waals surface area (Å²) in [7, 11) is -2.98. The van der Waals surface area contributed by atoms with E-state index < -0.39 is 9.84 Å². The quantitative estimate of drug-likeness (QED) is 0.727. The molecule has 0 fully saturated rings. The van der Waals surface area contributed by atoms with Crippen molar-refractivity contribution in [1.29, 1.82) is 0 Å². The van der Waals surface area contributed by atoms with E-state index in [-0.39, 0.29) is 11.5 Å². The van der Waals surface area contributed by atoms with Gasteiger partial charge in [0.25, 0.3) is 0 Å². The number of hydrogen-bond donors (Lipinski definition) is 0. The van der Waals surface area contributed by atoms with Crippen LogP contribution in [0.2, 0.25) is 5.15 Å². The lowest BCUT2D eigenvalue weighted by Crippen LogP contribution is -2.06. The van der Waals surface area contributed by atoms with Gasteiger partial charge in [-0.25, -0.2) is 13.4 Å². The highest BCUT2D eigenvalue weighted by Gasteiger charge is 2.08. The van der Waals surface area contributed by atoms with Crippen LogP contribution in [0, 0.1) is 0 Å². The normalized spacial score (nSPS) is 11.5. The standard InChI is InChI=1S/C8H10ClNO2S/c1-2-13(11,12)6-7-3-4-10-8(9)5-7/h3-5H,2,6H2,1H3. The van der Waals surface area contributed by atoms with Gasteiger partial charge in [-0.2, -0.15) is 0 Å². The molecule has 1 aromatic heterocycles. The average molecular weight is 220 g/mol. The summed E-state index contributed by atoms with van der Waals surface area (Å²) in [5.74, 6) is 0.179. The third-order valence-corrected chi connectivity index (χ3v) is 3.48. The minimum atomic E-state index is -2.98. The molecule has 0 amide bonds. The van der Waals surface area contributed by atoms with E-state index in [1.165, 1.54) is 6.20 Å². The summed E-state index contributed by atoms with van der Waals surface area (Å²) < 4.78 is 22.4. The van der Waals surface area contributed by atoms with E-state index in [9.17, 15) is 8.42 Å². The van der Waals surface area contributed by atoms with Crippen LogP contribution in [0.1, 0.15) is 12.5 Å². The Hall–Kier alpha value is -0.610. The molecule has 0 N–H and O–H groups in total. The van der Waals surface area contributed by atoms with E-state index in [2.05, 4.69) is 4.98 Å². The van der Waals surface area contributed by atoms with E-state index >= 15 is 0 Å². The third-order valence-electron chi connectivity index (χ3n) is 1.62. The lowest BCUT2D eigenvalue weighted by Gasteiger charge is -2.00. The fraction of sp³-hybridized carbons (Fsp3) is 0.375. The summed E-state index contributed by atoms with van der Waals surface area (Å²) in [5.41, 5.74) is 0.682. The summed E-state index contributed by atoms with van der Waals surface area (Å²) in [4.78, 5) is 3.77. The molecule has 5 heteroatoms. The molecular weight excluding hydrogens is 210 g/mol. The predicted octanol–water partition coefficient (Wildman–Crippen LogP) is 1.67. The van der Waals surface area contributed by atoms with Crippen molar-refractivity contribution < 1.29 is 8.42 Å². The van der Waals surface area contributed by atoms with Crippen LogP contribution in [0.5, 0.6) is 0 Å². The summed E-state index contributed by atoms with van der Waals surface area (Å²) in [6.07, 6.45) is 1.50. The van der Waals surface area contributed by atoms with Crippen LogP contribution >= 0.6 is 11.6 Å². The van der Waals surface area contributed by atoms with Crippen molar-refractivity contribution in [1.82, 2.24) is 4.98 Å². The van der Waals surface area contributed by atoms with Gasteiger partial charge in [0.1, 0.15) is 5.15 Å². The zero-order chi connectivity index (χ0) is 9.90. The number of rotatable bonds is 3. The second-order valence-electron chi connectivity index (χ2n) is 2.66. The molecule has 1 rings (SSSR count). The Kier molecular flexibility index (Phi) is 3.27. The molecule has 0 unspecified atom stereocenters. The molecule has 13 heavy (non-hydrogen) atoms. The van der Waals surface area contributed by atoms with Crippen molar-refractivity contribution in [3.05, 3.63) is 29.0 Å². The average Bonchev–Trinajstić information content (AvgIpc) is 2.03. The number of nitrogens with zero attached hydrogens (tertiary/aromatic N) is 1. The second-order valence-corrected chi connectivity index (χ2v) is 5.40. The fourth-order valence-electron chi connectivity index (χ4n) is 0.888. The molecule has 0 bridgehead atoms. The van der Waals surface area contributed by atoms with Gasteiger partial charge >= 0.3 is 0 Å². The summed E-state index contributed by atoms with van der Waals surface area (Å²) >= 11 is 5.61. The summed E-state index contributed by atoms with van der Waals surface area (Å²) in [6, 6.07) is 3.22. The van der Waals surface area contributed by atoms with Crippen LogP contribution < -0.4 is 0 Å². The Morgan fingerprint density at radius 1 is 1.54 bits per heavy atom. The van der Waals surface area contributed by atoms with Crippen LogP contribution in [-0.2, 0) is 15.6 Å². The van der Waals surface area contributed by atoms with Gasteiger partial charge < -0.3 is 0 Å². The van der Waals surface area contributed by atoms with Crippen molar-refractivity contribution >= 4 is 21.4 Å². The molecule has 0 saturated carbocycles. The molecule has 0 radical (unpaired) electrons. The first-order valence-corrected chi connectivity index (χ1v) is 6.04. The molecule has 1 aromatic rings. The Labute approximate surface area is 82.7 Å². The van der Waals surface area contributed by atoms with E-state index in [0.29, 0.717) is 10.7 Å². The smallest absolute Gasteiger partial charge is 0.154 e. The Balaban J connectivity index is 2.87. The first kappa shape index (κ1) is 10.5. The van der Waals surface area contributed by atoms with Crippen molar-refractivity contribution in [2.24, 2.45) is 0 Å². The molecule has 72 valence electrons. The minimum absolute atomic E-state index is 0.0335. The first-order chi connectivity index (χ1) is 6.03. The fourth-order valence-corrected chi connectivity index (χ4v) is 1.98. The predicted molar refractivity (Wildman–Crippen MR) is 52.4 cm³/mol. The highest BCUT2D eigenvalue weighted by Crippen LogP contribution is 2.10. The molecule has 0 aliphatic heterocycles. The molecule has 3 nitrogen and oxygen atoms in total. The number of pyridine rings is 1. The van der Waals surface area contributed by atoms with Gasteiger partial charge in [-0.15, -0.1) is 0 Å². The Morgan fingerprint density at radius 3 is 2.77 bits per heavy atom. The topological polar surface area (TPSA) is 47.0 Å². The molecule has 0 spiro atoms. The van der Waals surface area contributed by atoms with Crippen molar-refractivity contribution in [2.45, 2.75) is 12.7 Å². The van der Waals surface area contributed by atoms with Crippen LogP contribution in [0.3, 0.4) is 0 Å². The number of halogens is 1. The van der Waals surface area contributed by atoms with E-state index in [1.54, 1.807) is 19.1 Å². The minimum Gasteiger partial charge on any atom is -0.245 e. The molecule has 0 aliphatic carbocycles. The zero-order valence-electron chi connectivity index (χ0n) is 7.20. The highest BCUT2D eigenvalue weighted by molar-refractivity contribution is 7.90. The maximum atomic E-state index is 11.2. The Bertz CT molecular complexity index is 389. The van der Waals surface area contributed by atoms with E-state index in [1.807, 2.05) is 0 Å². The third kappa shape index (κ3) is 3.32. The number of sulfone groups is 1. The molecule has 0 saturated heterocycles. The van der Waals surface area contributed by atoms with Crippen LogP contribution in [0.15, 0.2) is 18.3 Å². The van der Waals surface area contributed by atoms with Crippen LogP contribution in [0.25, 0.3) is 0 Å². The van der Waals surface area contributed by atoms with Crippen LogP contribution in [-0.4, -0.2) is 19.2 Å². The second kappa shape index (κ2) is 4.07. The van der Waals surface area contributed by atoms with Gasteiger partial charge in [-0.3, -0.25) is 0 Å². The van der Waals surface area contributed by atoms with Gasteiger partial charge in [0.05, 0.1) is 5.75 Å². The zero-order valence-corrected chi connectivity index (χ0v) is 8.77. The van der Waals surface area contributed by atoms with Crippen molar-refractivity contribution in [3.8, 4) is 0 Å². The molecule has 0 atom stereocenters. The van der Waals surface area contributed by atoms with E-state index in [0.717, 1.165) is 0 Å². The highest BCUT2D eigenvalue weighted by atomic mass is 35.5. The summed E-state index contributed by atoms with van der Waals surface area (Å²) in [6.45, 7) is 1.62. The lowest BCUT2D eigenvalue weighted by atomic mass is 10.3. The number of hydrogen-bond acceptors (Lipinski definition) is 3. The van der Waals surface area contributed by atoms with Gasteiger partial charge in [-0.1, -0.05) is 18.5 Å². The monoisotopic (exact) mass is 219 g/mol. The van der Waals surface area contributed by atoms with E-state index in [4.69, 9.17) is 11.6 Å². The maximum absolute atomic E-state index is 11.2. The first-order valence-electron chi connectivity index (χ1n) is 3.84. The van der Waals surface area contributed by atoms with Gasteiger partial charge in [-0.05, 0) is 17.7 Å². The van der Waals surface area contributed by atoms with Gasteiger partial charge in [0.15, 0.2) is 9.84 Å².